The summed E-state index contributed by atoms with van der Waals surface area (Å²) in [7, 11) is 0. The third kappa shape index (κ3) is 12.1. The zero-order valence-corrected chi connectivity index (χ0v) is 62.8. The number of halogens is 3. The van der Waals surface area contributed by atoms with Gasteiger partial charge in [-0.15, -0.1) is 0 Å². The summed E-state index contributed by atoms with van der Waals surface area (Å²) in [6.45, 7) is 19.1. The lowest BCUT2D eigenvalue weighted by Crippen LogP contribution is -2.28. The highest BCUT2D eigenvalue weighted by atomic mass is 19.1. The van der Waals surface area contributed by atoms with E-state index >= 15 is 0 Å². The van der Waals surface area contributed by atoms with Crippen LogP contribution in [0.3, 0.4) is 0 Å². The molecule has 0 aliphatic heterocycles. The maximum atomic E-state index is 15.0. The first kappa shape index (κ1) is 70.4. The first-order valence-corrected chi connectivity index (χ1v) is 37.7. The quantitative estimate of drug-likeness (QED) is 0.135. The van der Waals surface area contributed by atoms with Crippen LogP contribution in [0.5, 0.6) is 0 Å². The molecule has 0 atom stereocenters. The Kier molecular flexibility index (Phi) is 18.1. The van der Waals surface area contributed by atoms with Crippen LogP contribution in [0.15, 0.2) is 364 Å². The van der Waals surface area contributed by atoms with E-state index in [2.05, 4.69) is 390 Å². The maximum absolute atomic E-state index is 15.0. The van der Waals surface area contributed by atoms with Crippen LogP contribution in [0.25, 0.3) is 66.8 Å². The van der Waals surface area contributed by atoms with E-state index in [0.717, 1.165) is 50.1 Å². The SMILES string of the molecule is CC(C)(C)c1cc(F)cc(-c2ccc3c(c2)-c2ccccc2C3(c2ccccc2)c2ccccc2)c1.CC(C)(C)c1cc(F)cc(-c2ccc3c(c2)C(c2ccccc2)(c2ccccc2)c2ccccc2-3)c1.CC(C)(C)c1cc(F)cc(-c2cccc3c2-c2ccccc2C3(c2ccccc2)c2ccccc2)c1. The molecule has 0 unspecified atom stereocenters. The molecular weight excluding hydrogens is 1320 g/mol. The second-order valence-electron chi connectivity index (χ2n) is 32.3. The summed E-state index contributed by atoms with van der Waals surface area (Å²) >= 11 is 0. The van der Waals surface area contributed by atoms with Crippen molar-refractivity contribution >= 4 is 0 Å². The highest BCUT2D eigenvalue weighted by molar-refractivity contribution is 5.96. The molecule has 3 aliphatic rings. The van der Waals surface area contributed by atoms with Crippen LogP contribution in [-0.2, 0) is 32.5 Å². The molecule has 0 bridgehead atoms. The highest BCUT2D eigenvalue weighted by Gasteiger charge is 2.49. The smallest absolute Gasteiger partial charge is 0.124 e. The van der Waals surface area contributed by atoms with Crippen LogP contribution in [0.4, 0.5) is 13.2 Å². The highest BCUT2D eigenvalue weighted by Crippen LogP contribution is 2.61. The zero-order valence-electron chi connectivity index (χ0n) is 62.8. The summed E-state index contributed by atoms with van der Waals surface area (Å²) in [4.78, 5) is 0. The molecule has 0 nitrogen and oxygen atoms in total. The molecule has 0 radical (unpaired) electrons. The van der Waals surface area contributed by atoms with Crippen LogP contribution in [0.1, 0.15) is 146 Å². The number of hydrogen-bond donors (Lipinski definition) is 0. The van der Waals surface area contributed by atoms with Crippen molar-refractivity contribution in [2.75, 3.05) is 0 Å². The Morgan fingerprint density at radius 1 is 0.185 bits per heavy atom. The summed E-state index contributed by atoms with van der Waals surface area (Å²) in [5, 5.41) is 0. The second kappa shape index (κ2) is 27.8. The Labute approximate surface area is 635 Å². The van der Waals surface area contributed by atoms with E-state index in [9.17, 15) is 13.2 Å². The molecule has 3 aliphatic carbocycles. The third-order valence-electron chi connectivity index (χ3n) is 22.7. The van der Waals surface area contributed by atoms with Crippen molar-refractivity contribution < 1.29 is 13.2 Å². The van der Waals surface area contributed by atoms with E-state index in [0.29, 0.717) is 0 Å². The zero-order chi connectivity index (χ0) is 74.7. The van der Waals surface area contributed by atoms with Crippen LogP contribution >= 0.6 is 0 Å². The lowest BCUT2D eigenvalue weighted by molar-refractivity contribution is 0.573. The Bertz CT molecular complexity index is 5620. The lowest BCUT2D eigenvalue weighted by Gasteiger charge is -2.34. The molecule has 0 spiro atoms. The molecule has 0 aromatic heterocycles. The monoisotopic (exact) mass is 1400 g/mol. The van der Waals surface area contributed by atoms with Crippen molar-refractivity contribution in [3.8, 4) is 66.8 Å². The van der Waals surface area contributed by atoms with Gasteiger partial charge in [0.15, 0.2) is 0 Å². The Balaban J connectivity index is 0.000000124. The van der Waals surface area contributed by atoms with Gasteiger partial charge in [-0.2, -0.15) is 0 Å². The molecule has 0 amide bonds. The summed E-state index contributed by atoms with van der Waals surface area (Å²) in [5.74, 6) is -0.585. The first-order valence-electron chi connectivity index (χ1n) is 37.7. The fourth-order valence-electron chi connectivity index (χ4n) is 17.5. The largest absolute Gasteiger partial charge is 0.207 e. The molecular formula is C105H87F3. The van der Waals surface area contributed by atoms with Gasteiger partial charge in [-0.05, 0) is 215 Å². The molecule has 15 aromatic carbocycles. The maximum Gasteiger partial charge on any atom is 0.124 e. The molecule has 0 fully saturated rings. The van der Waals surface area contributed by atoms with Crippen molar-refractivity contribution in [3.05, 3.63) is 465 Å². The van der Waals surface area contributed by atoms with E-state index in [1.165, 1.54) is 100 Å². The van der Waals surface area contributed by atoms with Gasteiger partial charge < -0.3 is 0 Å². The van der Waals surface area contributed by atoms with Gasteiger partial charge in [0.05, 0.1) is 16.2 Å². The molecule has 0 saturated heterocycles. The number of benzene rings is 15. The van der Waals surface area contributed by atoms with Crippen molar-refractivity contribution in [2.24, 2.45) is 0 Å². The topological polar surface area (TPSA) is 0 Å². The van der Waals surface area contributed by atoms with Crippen LogP contribution in [-0.4, -0.2) is 0 Å². The molecule has 18 rings (SSSR count). The minimum Gasteiger partial charge on any atom is -0.207 e. The second-order valence-corrected chi connectivity index (χ2v) is 32.3. The normalized spacial score (nSPS) is 13.8. The lowest BCUT2D eigenvalue weighted by atomic mass is 9.67. The van der Waals surface area contributed by atoms with Crippen molar-refractivity contribution in [1.29, 1.82) is 0 Å². The minimum absolute atomic E-state index is 0.129. The number of rotatable bonds is 9. The molecule has 0 saturated carbocycles. The van der Waals surface area contributed by atoms with E-state index in [1.54, 1.807) is 36.4 Å². The fraction of sp³-hybridized carbons (Fsp3) is 0.143. The number of hydrogen-bond acceptors (Lipinski definition) is 0. The van der Waals surface area contributed by atoms with E-state index in [-0.39, 0.29) is 33.7 Å². The van der Waals surface area contributed by atoms with Crippen molar-refractivity contribution in [1.82, 2.24) is 0 Å². The summed E-state index contributed by atoms with van der Waals surface area (Å²) < 4.78 is 44.5. The van der Waals surface area contributed by atoms with Gasteiger partial charge in [0, 0.05) is 0 Å². The predicted octanol–water partition coefficient (Wildman–Crippen LogP) is 27.5. The van der Waals surface area contributed by atoms with Gasteiger partial charge >= 0.3 is 0 Å². The predicted molar refractivity (Wildman–Crippen MR) is 444 cm³/mol. The van der Waals surface area contributed by atoms with Gasteiger partial charge in [0.1, 0.15) is 17.5 Å². The van der Waals surface area contributed by atoms with E-state index < -0.39 is 16.2 Å². The van der Waals surface area contributed by atoms with Crippen LogP contribution < -0.4 is 0 Å². The Hall–Kier alpha value is -11.9. The van der Waals surface area contributed by atoms with Gasteiger partial charge in [-0.3, -0.25) is 0 Å². The average molecular weight is 1410 g/mol. The van der Waals surface area contributed by atoms with Crippen LogP contribution in [0, 0.1) is 17.5 Å². The summed E-state index contributed by atoms with van der Waals surface area (Å²) in [6, 6.07) is 127. The van der Waals surface area contributed by atoms with Gasteiger partial charge in [0.2, 0.25) is 0 Å². The molecule has 3 heteroatoms. The van der Waals surface area contributed by atoms with E-state index in [1.807, 2.05) is 0 Å². The molecule has 528 valence electrons. The number of fused-ring (bicyclic) bond motifs is 9. The van der Waals surface area contributed by atoms with Crippen LogP contribution in [0.2, 0.25) is 0 Å². The summed E-state index contributed by atoms with van der Waals surface area (Å²) in [6.07, 6.45) is 0. The molecule has 15 aromatic rings. The minimum atomic E-state index is -0.454. The fourth-order valence-corrected chi connectivity index (χ4v) is 17.5. The Morgan fingerprint density at radius 2 is 0.463 bits per heavy atom. The van der Waals surface area contributed by atoms with Gasteiger partial charge in [-0.1, -0.05) is 378 Å². The standard InChI is InChI=1S/3C35H29F/c1-34(2,3)27-21-24(22-28(36)23-27)29-18-12-20-32-33(29)30-17-10-11-19-31(30)35(32,25-13-6-4-7-14-25)26-15-8-5-9-16-26;1-34(2,3)28-20-25(21-29(36)23-28)24-18-19-33-31(22-24)30-16-10-11-17-32(30)35(33,26-12-6-4-7-13-26)27-14-8-5-9-15-27;1-34(2,3)28-20-25(21-29(36)23-28)24-18-19-31-30-16-10-11-17-32(30)35(33(31)22-24,26-12-6-4-7-13-26)27-14-8-5-9-15-27/h3*4-23H,1-3H3. The molecule has 0 N–H and O–H groups in total. The van der Waals surface area contributed by atoms with Gasteiger partial charge in [-0.25, -0.2) is 13.2 Å². The summed E-state index contributed by atoms with van der Waals surface area (Å²) in [5.41, 5.74) is 29.4. The average Bonchev–Trinajstić information content (AvgIpc) is 1.54. The van der Waals surface area contributed by atoms with Crippen molar-refractivity contribution in [3.63, 3.8) is 0 Å². The van der Waals surface area contributed by atoms with Crippen molar-refractivity contribution in [2.45, 2.75) is 94.8 Å². The third-order valence-corrected chi connectivity index (χ3v) is 22.7. The van der Waals surface area contributed by atoms with Gasteiger partial charge in [0.25, 0.3) is 0 Å². The molecule has 0 heterocycles. The van der Waals surface area contributed by atoms with E-state index in [4.69, 9.17) is 0 Å². The Morgan fingerprint density at radius 3 is 0.870 bits per heavy atom. The first-order chi connectivity index (χ1) is 52.2. The molecule has 108 heavy (non-hydrogen) atoms.